The molecule has 0 aromatic carbocycles. The smallest absolute Gasteiger partial charge is 0.306 e. The van der Waals surface area contributed by atoms with Gasteiger partial charge in [-0.1, -0.05) is 323 Å². The van der Waals surface area contributed by atoms with E-state index in [0.29, 0.717) is 19.3 Å². The third kappa shape index (κ3) is 67.1. The first-order chi connectivity index (χ1) is 40.5. The molecule has 82 heavy (non-hydrogen) atoms. The van der Waals surface area contributed by atoms with Crippen LogP contribution >= 0.6 is 0 Å². The molecule has 6 nitrogen and oxygen atoms in total. The Morgan fingerprint density at radius 1 is 0.256 bits per heavy atom. The van der Waals surface area contributed by atoms with Crippen molar-refractivity contribution in [3.05, 3.63) is 97.2 Å². The molecule has 0 aliphatic rings. The van der Waals surface area contributed by atoms with Gasteiger partial charge >= 0.3 is 17.9 Å². The van der Waals surface area contributed by atoms with Crippen LogP contribution in [0.15, 0.2) is 97.2 Å². The number of allylic oxidation sites excluding steroid dienone is 16. The van der Waals surface area contributed by atoms with Gasteiger partial charge in [0.2, 0.25) is 0 Å². The molecule has 1 unspecified atom stereocenters. The fourth-order valence-corrected chi connectivity index (χ4v) is 10.1. The summed E-state index contributed by atoms with van der Waals surface area (Å²) in [5.74, 6) is -0.882. The second-order valence-corrected chi connectivity index (χ2v) is 23.4. The summed E-state index contributed by atoms with van der Waals surface area (Å²) in [4.78, 5) is 38.5. The maximum Gasteiger partial charge on any atom is 0.306 e. The van der Waals surface area contributed by atoms with E-state index in [1.54, 1.807) is 0 Å². The van der Waals surface area contributed by atoms with Gasteiger partial charge in [0, 0.05) is 19.3 Å². The zero-order valence-corrected chi connectivity index (χ0v) is 54.2. The molecule has 0 N–H and O–H groups in total. The van der Waals surface area contributed by atoms with Crippen LogP contribution in [-0.2, 0) is 28.6 Å². The van der Waals surface area contributed by atoms with Crippen molar-refractivity contribution < 1.29 is 28.6 Å². The predicted octanol–water partition coefficient (Wildman–Crippen LogP) is 24.4. The van der Waals surface area contributed by atoms with Crippen LogP contribution < -0.4 is 0 Å². The quantitative estimate of drug-likeness (QED) is 0.0261. The van der Waals surface area contributed by atoms with E-state index in [4.69, 9.17) is 14.2 Å². The van der Waals surface area contributed by atoms with Crippen molar-refractivity contribution in [2.24, 2.45) is 0 Å². The molecule has 0 fully saturated rings. The summed E-state index contributed by atoms with van der Waals surface area (Å²) in [6, 6.07) is 0. The molecule has 0 saturated carbocycles. The Morgan fingerprint density at radius 2 is 0.476 bits per heavy atom. The Bertz CT molecular complexity index is 1590. The van der Waals surface area contributed by atoms with Gasteiger partial charge in [-0.15, -0.1) is 0 Å². The monoisotopic (exact) mass is 1140 g/mol. The fraction of sp³-hybridized carbons (Fsp3) is 0.750. The molecule has 1 atom stereocenters. The highest BCUT2D eigenvalue weighted by Crippen LogP contribution is 2.17. The van der Waals surface area contributed by atoms with Crippen LogP contribution in [0, 0.1) is 0 Å². The zero-order chi connectivity index (χ0) is 59.2. The lowest BCUT2D eigenvalue weighted by Crippen LogP contribution is -2.30. The van der Waals surface area contributed by atoms with E-state index in [2.05, 4.69) is 118 Å². The summed E-state index contributed by atoms with van der Waals surface area (Å²) < 4.78 is 17.0. The summed E-state index contributed by atoms with van der Waals surface area (Å²) in [7, 11) is 0. The molecule has 0 aromatic heterocycles. The van der Waals surface area contributed by atoms with Gasteiger partial charge in [0.1, 0.15) is 13.2 Å². The summed E-state index contributed by atoms with van der Waals surface area (Å²) >= 11 is 0. The van der Waals surface area contributed by atoms with Crippen molar-refractivity contribution in [1.29, 1.82) is 0 Å². The predicted molar refractivity (Wildman–Crippen MR) is 357 cm³/mol. The molecule has 0 spiro atoms. The largest absolute Gasteiger partial charge is 0.462 e. The van der Waals surface area contributed by atoms with E-state index in [1.807, 2.05) is 0 Å². The maximum absolute atomic E-state index is 13.0. The Hall–Kier alpha value is -3.67. The molecule has 0 aromatic rings. The van der Waals surface area contributed by atoms with E-state index in [-0.39, 0.29) is 31.1 Å². The number of carbonyl (C=O) groups is 3. The highest BCUT2D eigenvalue weighted by molar-refractivity contribution is 5.71. The number of hydrogen-bond acceptors (Lipinski definition) is 6. The zero-order valence-electron chi connectivity index (χ0n) is 54.2. The standard InChI is InChI=1S/C76H132O6/c1-4-7-10-13-16-19-22-25-28-31-34-36-37-38-39-40-43-45-48-51-54-57-60-63-66-69-75(78)81-72-73(71-80-74(77)68-65-62-59-56-53-50-47-44-41-33-30-27-24-21-18-15-12-9-6-3)82-76(79)70-67-64-61-58-55-52-49-46-42-35-32-29-26-23-20-17-14-11-8-5-2/h7,10,16,18-19,21,25,27-28,30,34,36,38-39,41,44,73H,4-6,8-9,11-15,17,20,22-24,26,29,31-33,35,37,40,42-43,45-72H2,1-3H3/b10-7-,19-16-,21-18-,28-25-,30-27-,36-34-,39-38-,44-41-. The van der Waals surface area contributed by atoms with Gasteiger partial charge in [0.05, 0.1) is 0 Å². The molecule has 0 rings (SSSR count). The molecule has 0 aliphatic heterocycles. The SMILES string of the molecule is CC/C=C\C/C=C\C/C=C\C/C=C\C/C=C\CCCCCCCCCCCC(=O)OCC(COC(=O)CCCCCCCC/C=C\C/C=C\C/C=C\CCCCC)OC(=O)CCCCCCCCCCCCCCCCCCCCCC. The number of rotatable bonds is 64. The minimum Gasteiger partial charge on any atom is -0.462 e. The van der Waals surface area contributed by atoms with Crippen LogP contribution in [-0.4, -0.2) is 37.2 Å². The normalized spacial score (nSPS) is 12.7. The van der Waals surface area contributed by atoms with E-state index in [0.717, 1.165) is 116 Å². The van der Waals surface area contributed by atoms with E-state index in [1.165, 1.54) is 193 Å². The first-order valence-electron chi connectivity index (χ1n) is 35.2. The second-order valence-electron chi connectivity index (χ2n) is 23.4. The second kappa shape index (κ2) is 69.8. The van der Waals surface area contributed by atoms with Gasteiger partial charge in [0.15, 0.2) is 6.10 Å². The van der Waals surface area contributed by atoms with E-state index < -0.39 is 6.10 Å². The number of unbranched alkanes of at least 4 members (excludes halogenated alkanes) is 37. The van der Waals surface area contributed by atoms with Crippen LogP contribution in [0.5, 0.6) is 0 Å². The van der Waals surface area contributed by atoms with E-state index >= 15 is 0 Å². The van der Waals surface area contributed by atoms with Crippen molar-refractivity contribution in [1.82, 2.24) is 0 Å². The van der Waals surface area contributed by atoms with Crippen LogP contribution in [0.25, 0.3) is 0 Å². The molecule has 0 aliphatic carbocycles. The summed E-state index contributed by atoms with van der Waals surface area (Å²) in [5, 5.41) is 0. The summed E-state index contributed by atoms with van der Waals surface area (Å²) in [6.07, 6.45) is 94.2. The highest BCUT2D eigenvalue weighted by Gasteiger charge is 2.19. The Morgan fingerprint density at radius 3 is 0.768 bits per heavy atom. The Balaban J connectivity index is 4.38. The van der Waals surface area contributed by atoms with Gasteiger partial charge in [0.25, 0.3) is 0 Å². The average Bonchev–Trinajstić information content (AvgIpc) is 3.47. The maximum atomic E-state index is 13.0. The lowest BCUT2D eigenvalue weighted by molar-refractivity contribution is -0.167. The number of carbonyl (C=O) groups excluding carboxylic acids is 3. The van der Waals surface area contributed by atoms with Gasteiger partial charge in [-0.05, 0) is 103 Å². The highest BCUT2D eigenvalue weighted by atomic mass is 16.6. The van der Waals surface area contributed by atoms with E-state index in [9.17, 15) is 14.4 Å². The van der Waals surface area contributed by atoms with Crippen LogP contribution in [0.1, 0.15) is 348 Å². The third-order valence-corrected chi connectivity index (χ3v) is 15.3. The first-order valence-corrected chi connectivity index (χ1v) is 35.2. The summed E-state index contributed by atoms with van der Waals surface area (Å²) in [5.41, 5.74) is 0. The minimum atomic E-state index is -0.787. The molecule has 0 amide bonds. The van der Waals surface area contributed by atoms with Gasteiger partial charge in [-0.3, -0.25) is 14.4 Å². The molecular formula is C76H132O6. The average molecular weight is 1140 g/mol. The van der Waals surface area contributed by atoms with Gasteiger partial charge in [-0.2, -0.15) is 0 Å². The van der Waals surface area contributed by atoms with Crippen molar-refractivity contribution in [2.75, 3.05) is 13.2 Å². The number of ether oxygens (including phenoxy) is 3. The van der Waals surface area contributed by atoms with Crippen LogP contribution in [0.4, 0.5) is 0 Å². The Labute approximate surface area is 508 Å². The van der Waals surface area contributed by atoms with Crippen molar-refractivity contribution in [3.8, 4) is 0 Å². The van der Waals surface area contributed by atoms with Crippen LogP contribution in [0.3, 0.4) is 0 Å². The number of hydrogen-bond donors (Lipinski definition) is 0. The van der Waals surface area contributed by atoms with Crippen LogP contribution in [0.2, 0.25) is 0 Å². The lowest BCUT2D eigenvalue weighted by atomic mass is 10.0. The molecule has 0 bridgehead atoms. The minimum absolute atomic E-state index is 0.0824. The molecule has 0 radical (unpaired) electrons. The molecule has 472 valence electrons. The van der Waals surface area contributed by atoms with Crippen molar-refractivity contribution in [2.45, 2.75) is 354 Å². The topological polar surface area (TPSA) is 78.9 Å². The van der Waals surface area contributed by atoms with Gasteiger partial charge < -0.3 is 14.2 Å². The molecule has 0 heterocycles. The first kappa shape index (κ1) is 78.3. The summed E-state index contributed by atoms with van der Waals surface area (Å²) in [6.45, 7) is 6.53. The Kier molecular flexibility index (Phi) is 66.7. The lowest BCUT2D eigenvalue weighted by Gasteiger charge is -2.18. The number of esters is 3. The third-order valence-electron chi connectivity index (χ3n) is 15.3. The van der Waals surface area contributed by atoms with Crippen molar-refractivity contribution >= 4 is 17.9 Å². The van der Waals surface area contributed by atoms with Gasteiger partial charge in [-0.25, -0.2) is 0 Å². The molecular weight excluding hydrogens is 1010 g/mol. The molecule has 6 heteroatoms. The molecule has 0 saturated heterocycles. The fourth-order valence-electron chi connectivity index (χ4n) is 10.1. The van der Waals surface area contributed by atoms with Crippen molar-refractivity contribution in [3.63, 3.8) is 0 Å².